The van der Waals surface area contributed by atoms with E-state index in [9.17, 15) is 4.79 Å². The zero-order chi connectivity index (χ0) is 18.6. The fourth-order valence-electron chi connectivity index (χ4n) is 3.04. The summed E-state index contributed by atoms with van der Waals surface area (Å²) in [5, 5.41) is 0. The van der Waals surface area contributed by atoms with Gasteiger partial charge < -0.3 is 9.47 Å². The third-order valence-corrected chi connectivity index (χ3v) is 6.69. The summed E-state index contributed by atoms with van der Waals surface area (Å²) in [6.07, 6.45) is 0.124. The Bertz CT molecular complexity index is 905. The lowest BCUT2D eigenvalue weighted by Gasteiger charge is -2.11. The number of rotatable bonds is 5. The van der Waals surface area contributed by atoms with Gasteiger partial charge in [0.1, 0.15) is 5.75 Å². The zero-order valence-electron chi connectivity index (χ0n) is 15.1. The average Bonchev–Trinajstić information content (AvgIpc) is 3.10. The van der Waals surface area contributed by atoms with E-state index >= 15 is 0 Å². The molecular formula is C23H21O3S+. The summed E-state index contributed by atoms with van der Waals surface area (Å²) in [6.45, 7) is 2.54. The first-order valence-corrected chi connectivity index (χ1v) is 10.2. The van der Waals surface area contributed by atoms with Crippen molar-refractivity contribution in [2.24, 2.45) is 0 Å². The number of ether oxygens (including phenoxy) is 2. The van der Waals surface area contributed by atoms with Crippen molar-refractivity contribution in [3.63, 3.8) is 0 Å². The van der Waals surface area contributed by atoms with Crippen molar-refractivity contribution in [1.29, 1.82) is 0 Å². The number of hydrogen-bond acceptors (Lipinski definition) is 3. The molecule has 0 amide bonds. The molecule has 3 nitrogen and oxygen atoms in total. The van der Waals surface area contributed by atoms with Crippen LogP contribution in [0.1, 0.15) is 12.0 Å². The van der Waals surface area contributed by atoms with Gasteiger partial charge in [-0.05, 0) is 55.5 Å². The predicted molar refractivity (Wildman–Crippen MR) is 106 cm³/mol. The summed E-state index contributed by atoms with van der Waals surface area (Å²) in [7, 11) is -0.189. The molecule has 0 spiro atoms. The average molecular weight is 377 g/mol. The molecule has 2 unspecified atom stereocenters. The third-order valence-electron chi connectivity index (χ3n) is 4.46. The van der Waals surface area contributed by atoms with E-state index in [1.807, 2.05) is 18.2 Å². The van der Waals surface area contributed by atoms with Gasteiger partial charge in [-0.3, -0.25) is 0 Å². The van der Waals surface area contributed by atoms with Gasteiger partial charge >= 0.3 is 5.97 Å². The molecule has 0 saturated carbocycles. The Morgan fingerprint density at radius 3 is 2.04 bits per heavy atom. The Labute approximate surface area is 162 Å². The van der Waals surface area contributed by atoms with E-state index in [1.165, 1.54) is 20.2 Å². The molecule has 1 heterocycles. The van der Waals surface area contributed by atoms with E-state index in [0.717, 1.165) is 0 Å². The largest absolute Gasteiger partial charge is 0.479 e. The van der Waals surface area contributed by atoms with E-state index < -0.39 is 6.10 Å². The standard InChI is InChI=1S/C23H21O3S/c1-17-7-11-20(12-8-17)27(19-5-3-2-4-6-19)21-13-9-18(10-14-21)26-22-15-16-25-23(22)24/h2-14,22H,15-16H2,1H3/q+1. The molecule has 3 aromatic rings. The molecule has 136 valence electrons. The normalized spacial score (nSPS) is 17.4. The van der Waals surface area contributed by atoms with Crippen molar-refractivity contribution in [3.05, 3.63) is 84.4 Å². The highest BCUT2D eigenvalue weighted by Crippen LogP contribution is 2.32. The maximum Gasteiger partial charge on any atom is 0.347 e. The van der Waals surface area contributed by atoms with Crippen LogP contribution in [0.3, 0.4) is 0 Å². The topological polar surface area (TPSA) is 35.5 Å². The van der Waals surface area contributed by atoms with Gasteiger partial charge in [-0.15, -0.1) is 0 Å². The van der Waals surface area contributed by atoms with Crippen LogP contribution in [-0.4, -0.2) is 18.7 Å². The van der Waals surface area contributed by atoms with Gasteiger partial charge in [-0.25, -0.2) is 4.79 Å². The maximum atomic E-state index is 11.6. The lowest BCUT2D eigenvalue weighted by Crippen LogP contribution is -2.21. The first-order valence-electron chi connectivity index (χ1n) is 9.00. The molecule has 1 fully saturated rings. The Morgan fingerprint density at radius 1 is 0.852 bits per heavy atom. The second kappa shape index (κ2) is 7.89. The van der Waals surface area contributed by atoms with E-state index in [0.29, 0.717) is 18.8 Å². The summed E-state index contributed by atoms with van der Waals surface area (Å²) in [5.74, 6) is 0.422. The summed E-state index contributed by atoms with van der Waals surface area (Å²) in [4.78, 5) is 15.4. The monoisotopic (exact) mass is 377 g/mol. The van der Waals surface area contributed by atoms with Crippen LogP contribution < -0.4 is 4.74 Å². The van der Waals surface area contributed by atoms with Gasteiger partial charge in [0, 0.05) is 6.42 Å². The van der Waals surface area contributed by atoms with E-state index in [2.05, 4.69) is 67.6 Å². The Morgan fingerprint density at radius 2 is 1.44 bits per heavy atom. The van der Waals surface area contributed by atoms with Crippen molar-refractivity contribution in [2.45, 2.75) is 34.1 Å². The highest BCUT2D eigenvalue weighted by molar-refractivity contribution is 7.97. The van der Waals surface area contributed by atoms with Crippen LogP contribution in [0.5, 0.6) is 5.75 Å². The molecule has 0 aliphatic carbocycles. The lowest BCUT2D eigenvalue weighted by atomic mass is 10.2. The van der Waals surface area contributed by atoms with Crippen molar-refractivity contribution in [1.82, 2.24) is 0 Å². The molecule has 0 N–H and O–H groups in total. The molecule has 0 aromatic heterocycles. The second-order valence-corrected chi connectivity index (χ2v) is 8.49. The van der Waals surface area contributed by atoms with E-state index in [1.54, 1.807) is 0 Å². The van der Waals surface area contributed by atoms with Gasteiger partial charge in [0.25, 0.3) is 0 Å². The van der Waals surface area contributed by atoms with Gasteiger partial charge in [-0.1, -0.05) is 35.9 Å². The molecule has 0 radical (unpaired) electrons. The number of aryl methyl sites for hydroxylation is 1. The molecule has 4 heteroatoms. The molecule has 3 aromatic carbocycles. The quantitative estimate of drug-likeness (QED) is 0.474. The van der Waals surface area contributed by atoms with Crippen molar-refractivity contribution in [3.8, 4) is 5.75 Å². The number of carbonyl (C=O) groups is 1. The summed E-state index contributed by atoms with van der Waals surface area (Å²) >= 11 is 0. The van der Waals surface area contributed by atoms with E-state index in [4.69, 9.17) is 9.47 Å². The fourth-order valence-corrected chi connectivity index (χ4v) is 5.10. The van der Waals surface area contributed by atoms with Crippen LogP contribution in [0.25, 0.3) is 0 Å². The SMILES string of the molecule is Cc1ccc([S+](c2ccccc2)c2ccc(OC3CCOC3=O)cc2)cc1. The molecule has 2 atom stereocenters. The summed E-state index contributed by atoms with van der Waals surface area (Å²) in [5.41, 5.74) is 1.25. The van der Waals surface area contributed by atoms with Crippen molar-refractivity contribution in [2.75, 3.05) is 6.61 Å². The minimum absolute atomic E-state index is 0.189. The first kappa shape index (κ1) is 17.7. The van der Waals surface area contributed by atoms with Gasteiger partial charge in [-0.2, -0.15) is 0 Å². The highest BCUT2D eigenvalue weighted by Gasteiger charge is 2.30. The molecule has 1 aliphatic heterocycles. The minimum atomic E-state index is -0.486. The number of hydrogen-bond donors (Lipinski definition) is 0. The number of cyclic esters (lactones) is 1. The van der Waals surface area contributed by atoms with Crippen LogP contribution in [0.15, 0.2) is 93.5 Å². The number of benzene rings is 3. The van der Waals surface area contributed by atoms with Crippen molar-refractivity contribution < 1.29 is 14.3 Å². The first-order chi connectivity index (χ1) is 13.2. The van der Waals surface area contributed by atoms with Crippen LogP contribution >= 0.6 is 0 Å². The third kappa shape index (κ3) is 4.01. The summed E-state index contributed by atoms with van der Waals surface area (Å²) < 4.78 is 10.7. The molecular weight excluding hydrogens is 356 g/mol. The predicted octanol–water partition coefficient (Wildman–Crippen LogP) is 4.78. The molecule has 4 rings (SSSR count). The van der Waals surface area contributed by atoms with Gasteiger partial charge in [0.15, 0.2) is 20.8 Å². The fraction of sp³-hybridized carbons (Fsp3) is 0.174. The Hall–Kier alpha value is -2.72. The second-order valence-electron chi connectivity index (χ2n) is 6.47. The number of esters is 1. The zero-order valence-corrected chi connectivity index (χ0v) is 15.9. The van der Waals surface area contributed by atoms with Gasteiger partial charge in [0.2, 0.25) is 0 Å². The minimum Gasteiger partial charge on any atom is -0.479 e. The molecule has 1 saturated heterocycles. The van der Waals surface area contributed by atoms with Crippen LogP contribution in [0.2, 0.25) is 0 Å². The highest BCUT2D eigenvalue weighted by atomic mass is 32.2. The van der Waals surface area contributed by atoms with E-state index in [-0.39, 0.29) is 16.9 Å². The van der Waals surface area contributed by atoms with Crippen LogP contribution in [0, 0.1) is 6.92 Å². The molecule has 1 aliphatic rings. The van der Waals surface area contributed by atoms with Gasteiger partial charge in [0.05, 0.1) is 17.5 Å². The van der Waals surface area contributed by atoms with Crippen LogP contribution in [0.4, 0.5) is 0 Å². The lowest BCUT2D eigenvalue weighted by molar-refractivity contribution is -0.143. The Kier molecular flexibility index (Phi) is 5.16. The number of carbonyl (C=O) groups excluding carboxylic acids is 1. The molecule has 27 heavy (non-hydrogen) atoms. The van der Waals surface area contributed by atoms with Crippen molar-refractivity contribution >= 4 is 16.9 Å². The summed E-state index contributed by atoms with van der Waals surface area (Å²) in [6, 6.07) is 27.3. The smallest absolute Gasteiger partial charge is 0.347 e. The van der Waals surface area contributed by atoms with Crippen LogP contribution in [-0.2, 0) is 20.4 Å². The maximum absolute atomic E-state index is 11.6. The molecule has 0 bridgehead atoms. The Balaban J connectivity index is 1.64.